The largest absolute Gasteiger partial charge is 0.278 e. The molecule has 1 N–H and O–H groups in total. The van der Waals surface area contributed by atoms with Crippen molar-refractivity contribution in [3.63, 3.8) is 0 Å². The van der Waals surface area contributed by atoms with Gasteiger partial charge in [-0.05, 0) is 48.9 Å². The summed E-state index contributed by atoms with van der Waals surface area (Å²) in [4.78, 5) is 0.196. The van der Waals surface area contributed by atoms with Gasteiger partial charge in [0.05, 0.1) is 10.6 Å². The average molecular weight is 315 g/mol. The number of hydrogen-bond donors (Lipinski definition) is 1. The van der Waals surface area contributed by atoms with Crippen molar-refractivity contribution in [2.45, 2.75) is 18.2 Å². The van der Waals surface area contributed by atoms with E-state index in [0.29, 0.717) is 22.7 Å². The normalized spacial score (nSPS) is 11.5. The van der Waals surface area contributed by atoms with Crippen LogP contribution in [0.5, 0.6) is 0 Å². The molecule has 3 nitrogen and oxygen atoms in total. The zero-order chi connectivity index (χ0) is 14.0. The highest BCUT2D eigenvalue weighted by atomic mass is 35.5. The summed E-state index contributed by atoms with van der Waals surface area (Å²) in [7, 11) is -3.62. The summed E-state index contributed by atoms with van der Waals surface area (Å²) >= 11 is 7.40. The van der Waals surface area contributed by atoms with E-state index in [-0.39, 0.29) is 4.90 Å². The highest BCUT2D eigenvalue weighted by Crippen LogP contribution is 2.27. The molecule has 0 saturated heterocycles. The van der Waals surface area contributed by atoms with Gasteiger partial charge in [0, 0.05) is 10.4 Å². The van der Waals surface area contributed by atoms with E-state index in [0.717, 1.165) is 5.56 Å². The van der Waals surface area contributed by atoms with E-state index in [2.05, 4.69) is 11.6 Å². The van der Waals surface area contributed by atoms with Crippen LogP contribution in [-0.4, -0.2) is 8.42 Å². The number of sulfonamides is 1. The van der Waals surface area contributed by atoms with Crippen LogP contribution in [0.4, 0.5) is 5.69 Å². The van der Waals surface area contributed by atoms with Crippen molar-refractivity contribution < 1.29 is 8.42 Å². The second-order valence-electron chi connectivity index (χ2n) is 4.03. The Labute approximate surface area is 122 Å². The van der Waals surface area contributed by atoms with Crippen molar-refractivity contribution in [2.75, 3.05) is 4.72 Å². The Bertz CT molecular complexity index is 692. The molecule has 0 aliphatic heterocycles. The second-order valence-corrected chi connectivity index (χ2v) is 6.83. The summed E-state index contributed by atoms with van der Waals surface area (Å²) in [6.07, 6.45) is 0.538. The van der Waals surface area contributed by atoms with Crippen LogP contribution in [0.1, 0.15) is 11.1 Å². The summed E-state index contributed by atoms with van der Waals surface area (Å²) in [6, 6.07) is 4.83. The van der Waals surface area contributed by atoms with Crippen molar-refractivity contribution >= 4 is 38.6 Å². The molecular weight excluding hydrogens is 302 g/mol. The van der Waals surface area contributed by atoms with E-state index in [4.69, 9.17) is 11.6 Å². The maximum atomic E-state index is 12.4. The number of rotatable bonds is 4. The third-order valence-corrected chi connectivity index (χ3v) is 5.48. The molecular formula is C13H13ClNO2S2. The van der Waals surface area contributed by atoms with Crippen molar-refractivity contribution in [3.8, 4) is 0 Å². The van der Waals surface area contributed by atoms with Crippen molar-refractivity contribution in [1.82, 2.24) is 0 Å². The van der Waals surface area contributed by atoms with Crippen molar-refractivity contribution in [1.29, 1.82) is 0 Å². The number of anilines is 1. The van der Waals surface area contributed by atoms with Gasteiger partial charge in [0.15, 0.2) is 0 Å². The second kappa shape index (κ2) is 5.53. The molecule has 0 saturated carbocycles. The number of halogens is 1. The molecule has 1 heterocycles. The lowest BCUT2D eigenvalue weighted by Crippen LogP contribution is -2.14. The summed E-state index contributed by atoms with van der Waals surface area (Å²) in [5, 5.41) is 4.08. The number of benzene rings is 1. The lowest BCUT2D eigenvalue weighted by Gasteiger charge is -2.11. The van der Waals surface area contributed by atoms with Gasteiger partial charge in [-0.2, -0.15) is 0 Å². The number of thiophene rings is 1. The highest BCUT2D eigenvalue weighted by Gasteiger charge is 2.19. The molecule has 0 atom stereocenters. The molecule has 0 amide bonds. The minimum atomic E-state index is -3.62. The first-order valence-electron chi connectivity index (χ1n) is 5.58. The molecule has 19 heavy (non-hydrogen) atoms. The molecule has 1 aromatic carbocycles. The van der Waals surface area contributed by atoms with Crippen LogP contribution < -0.4 is 4.72 Å². The fourth-order valence-corrected chi connectivity index (χ4v) is 4.17. The lowest BCUT2D eigenvalue weighted by atomic mass is 10.2. The molecule has 101 valence electrons. The van der Waals surface area contributed by atoms with E-state index in [1.807, 2.05) is 5.38 Å². The molecule has 0 fully saturated rings. The Hall–Kier alpha value is -1.04. The Morgan fingerprint density at radius 1 is 1.37 bits per heavy atom. The molecule has 0 aliphatic carbocycles. The maximum absolute atomic E-state index is 12.4. The molecule has 0 unspecified atom stereocenters. The van der Waals surface area contributed by atoms with Gasteiger partial charge >= 0.3 is 0 Å². The quantitative estimate of drug-likeness (QED) is 0.930. The SMILES string of the molecule is [CH2]Cc1cscc1NS(=O)(=O)c1cccc(Cl)c1C. The van der Waals surface area contributed by atoms with E-state index in [1.165, 1.54) is 11.3 Å². The molecule has 0 spiro atoms. The van der Waals surface area contributed by atoms with Gasteiger partial charge in [-0.25, -0.2) is 8.42 Å². The molecule has 0 aliphatic rings. The van der Waals surface area contributed by atoms with Gasteiger partial charge in [0.25, 0.3) is 10.0 Å². The van der Waals surface area contributed by atoms with E-state index in [1.54, 1.807) is 30.5 Å². The Morgan fingerprint density at radius 3 is 2.79 bits per heavy atom. The summed E-state index contributed by atoms with van der Waals surface area (Å²) in [6.45, 7) is 5.46. The van der Waals surface area contributed by atoms with Crippen molar-refractivity contribution in [2.24, 2.45) is 0 Å². The van der Waals surface area contributed by atoms with Crippen molar-refractivity contribution in [3.05, 3.63) is 52.0 Å². The lowest BCUT2D eigenvalue weighted by molar-refractivity contribution is 0.600. The molecule has 6 heteroatoms. The fraction of sp³-hybridized carbons (Fsp3) is 0.154. The number of nitrogens with one attached hydrogen (secondary N) is 1. The minimum absolute atomic E-state index is 0.196. The van der Waals surface area contributed by atoms with Gasteiger partial charge in [0.1, 0.15) is 0 Å². The average Bonchev–Trinajstić information content (AvgIpc) is 2.78. The zero-order valence-electron chi connectivity index (χ0n) is 10.3. The Kier molecular flexibility index (Phi) is 4.18. The number of hydrogen-bond acceptors (Lipinski definition) is 3. The topological polar surface area (TPSA) is 46.2 Å². The van der Waals surface area contributed by atoms with Crippen LogP contribution in [0.3, 0.4) is 0 Å². The van der Waals surface area contributed by atoms with Crippen LogP contribution in [0.25, 0.3) is 0 Å². The van der Waals surface area contributed by atoms with Gasteiger partial charge in [-0.15, -0.1) is 11.3 Å². The smallest absolute Gasteiger partial charge is 0.262 e. The van der Waals surface area contributed by atoms with Crippen LogP contribution in [0, 0.1) is 13.8 Å². The van der Waals surface area contributed by atoms with E-state index >= 15 is 0 Å². The van der Waals surface area contributed by atoms with Crippen LogP contribution in [0.2, 0.25) is 5.02 Å². The molecule has 2 aromatic rings. The predicted octanol–water partition coefficient (Wildman–Crippen LogP) is 3.89. The van der Waals surface area contributed by atoms with Crippen LogP contribution in [-0.2, 0) is 16.4 Å². The van der Waals surface area contributed by atoms with Gasteiger partial charge in [0.2, 0.25) is 0 Å². The highest BCUT2D eigenvalue weighted by molar-refractivity contribution is 7.92. The first-order chi connectivity index (χ1) is 8.95. The van der Waals surface area contributed by atoms with Gasteiger partial charge in [-0.1, -0.05) is 17.7 Å². The summed E-state index contributed by atoms with van der Waals surface area (Å²) in [5.41, 5.74) is 2.01. The molecule has 1 aromatic heterocycles. The molecule has 2 rings (SSSR count). The van der Waals surface area contributed by atoms with Crippen LogP contribution in [0.15, 0.2) is 33.9 Å². The summed E-state index contributed by atoms with van der Waals surface area (Å²) in [5.74, 6) is 0. The Balaban J connectivity index is 2.41. The molecule has 1 radical (unpaired) electrons. The Morgan fingerprint density at radius 2 is 2.11 bits per heavy atom. The van der Waals surface area contributed by atoms with Gasteiger partial charge < -0.3 is 0 Å². The minimum Gasteiger partial charge on any atom is -0.278 e. The molecule has 0 bridgehead atoms. The monoisotopic (exact) mass is 314 g/mol. The van der Waals surface area contributed by atoms with E-state index < -0.39 is 10.0 Å². The predicted molar refractivity (Wildman–Crippen MR) is 80.4 cm³/mol. The fourth-order valence-electron chi connectivity index (χ4n) is 1.69. The van der Waals surface area contributed by atoms with Gasteiger partial charge in [-0.3, -0.25) is 4.72 Å². The summed E-state index contributed by atoms with van der Waals surface area (Å²) < 4.78 is 27.3. The third kappa shape index (κ3) is 2.94. The first-order valence-corrected chi connectivity index (χ1v) is 8.38. The zero-order valence-corrected chi connectivity index (χ0v) is 12.7. The van der Waals surface area contributed by atoms with Crippen LogP contribution >= 0.6 is 22.9 Å². The maximum Gasteiger partial charge on any atom is 0.262 e. The standard InChI is InChI=1S/C13H13ClNO2S2/c1-3-10-7-18-8-12(10)15-19(16,17)13-6-4-5-11(14)9(13)2/h4-8,15H,1,3H2,2H3. The third-order valence-electron chi connectivity index (χ3n) is 2.76. The first kappa shape index (κ1) is 14.4. The van der Waals surface area contributed by atoms with E-state index in [9.17, 15) is 8.42 Å².